The number of carbonyl (C=O) groups is 1. The van der Waals surface area contributed by atoms with Crippen LogP contribution in [0.25, 0.3) is 0 Å². The summed E-state index contributed by atoms with van der Waals surface area (Å²) >= 11 is 0. The van der Waals surface area contributed by atoms with Crippen molar-refractivity contribution in [1.82, 2.24) is 0 Å². The number of alkyl halides is 3. The molecule has 0 heterocycles. The van der Waals surface area contributed by atoms with Gasteiger partial charge >= 0.3 is 6.18 Å². The third-order valence-corrected chi connectivity index (χ3v) is 74.5. The van der Waals surface area contributed by atoms with Gasteiger partial charge in [-0.25, -0.2) is 0 Å². The summed E-state index contributed by atoms with van der Waals surface area (Å²) in [7, 11) is -6.56. The molecule has 0 aromatic carbocycles. The van der Waals surface area contributed by atoms with Crippen molar-refractivity contribution < 1.29 is 18.0 Å². The standard InChI is InChI=1S/C11H27F3OSi4/c1-16(2,3)19(17(4,5)6,18(7,8)9)10(15)11(12,13)14/h1-9H3. The van der Waals surface area contributed by atoms with Crippen LogP contribution in [0.1, 0.15) is 0 Å². The van der Waals surface area contributed by atoms with Crippen molar-refractivity contribution in [2.24, 2.45) is 0 Å². The minimum Gasteiger partial charge on any atom is -0.296 e. The first-order valence-electron chi connectivity index (χ1n) is 6.52. The van der Waals surface area contributed by atoms with Gasteiger partial charge in [-0.3, -0.25) is 4.79 Å². The first-order valence-corrected chi connectivity index (χ1v) is 22.0. The Hall–Kier alpha value is 0.328. The molecule has 0 aromatic rings. The van der Waals surface area contributed by atoms with Gasteiger partial charge in [0.15, 0.2) is 0 Å². The Morgan fingerprint density at radius 1 is 0.684 bits per heavy atom. The summed E-state index contributed by atoms with van der Waals surface area (Å²) in [6.45, 7) is 14.9. The fourth-order valence-corrected chi connectivity index (χ4v) is 102. The molecule has 0 N–H and O–H groups in total. The molecule has 0 rings (SSSR count). The summed E-state index contributed by atoms with van der Waals surface area (Å²) in [6, 6.07) is 0. The Bertz CT molecular complexity index is 322. The highest BCUT2D eigenvalue weighted by Crippen LogP contribution is 2.41. The van der Waals surface area contributed by atoms with Crippen LogP contribution in [-0.2, 0) is 4.79 Å². The van der Waals surface area contributed by atoms with Crippen LogP contribution in [0.15, 0.2) is 0 Å². The van der Waals surface area contributed by atoms with Crippen molar-refractivity contribution in [3.8, 4) is 0 Å². The predicted octanol–water partition coefficient (Wildman–Crippen LogP) is 4.36. The van der Waals surface area contributed by atoms with E-state index in [0.717, 1.165) is 0 Å². The lowest BCUT2D eigenvalue weighted by molar-refractivity contribution is -0.162. The van der Waals surface area contributed by atoms with Gasteiger partial charge in [-0.2, -0.15) is 13.2 Å². The Balaban J connectivity index is 6.55. The van der Waals surface area contributed by atoms with E-state index < -0.39 is 41.0 Å². The van der Waals surface area contributed by atoms with Crippen LogP contribution in [0.3, 0.4) is 0 Å². The molecule has 1 nitrogen and oxygen atoms in total. The number of hydrogen-bond acceptors (Lipinski definition) is 1. The van der Waals surface area contributed by atoms with E-state index in [0.29, 0.717) is 0 Å². The van der Waals surface area contributed by atoms with E-state index >= 15 is 0 Å². The number of rotatable bonds is 4. The minimum atomic E-state index is -4.66. The lowest BCUT2D eigenvalue weighted by Gasteiger charge is -2.55. The Kier molecular flexibility index (Phi) is 5.04. The van der Waals surface area contributed by atoms with Gasteiger partial charge in [0.1, 0.15) is 6.63 Å². The molecule has 0 aromatic heterocycles. The predicted molar refractivity (Wildman–Crippen MR) is 86.9 cm³/mol. The van der Waals surface area contributed by atoms with Gasteiger partial charge in [-0.1, -0.05) is 58.9 Å². The van der Waals surface area contributed by atoms with Crippen molar-refractivity contribution in [3.05, 3.63) is 0 Å². The van der Waals surface area contributed by atoms with E-state index in [1.54, 1.807) is 0 Å². The molecular weight excluding hydrogens is 317 g/mol. The molecule has 0 spiro atoms. The summed E-state index contributed by atoms with van der Waals surface area (Å²) in [5.74, 6) is 0. The van der Waals surface area contributed by atoms with E-state index in [9.17, 15) is 18.0 Å². The van der Waals surface area contributed by atoms with Gasteiger partial charge in [0.25, 0.3) is 0 Å². The lowest BCUT2D eigenvalue weighted by atomic mass is 10.7. The normalized spacial score (nSPS) is 15.6. The first-order chi connectivity index (χ1) is 7.90. The van der Waals surface area contributed by atoms with Crippen LogP contribution in [0, 0.1) is 0 Å². The van der Waals surface area contributed by atoms with Gasteiger partial charge in [0, 0.05) is 22.8 Å². The quantitative estimate of drug-likeness (QED) is 0.693. The summed E-state index contributed by atoms with van der Waals surface area (Å²) in [6.07, 6.45) is -4.66. The van der Waals surface area contributed by atoms with Gasteiger partial charge in [0.2, 0.25) is 5.41 Å². The number of halogens is 3. The summed E-state index contributed by atoms with van der Waals surface area (Å²) in [5, 5.41) is -1.29. The van der Waals surface area contributed by atoms with E-state index in [2.05, 4.69) is 0 Å². The van der Waals surface area contributed by atoms with Crippen LogP contribution in [-0.4, -0.2) is 41.0 Å². The van der Waals surface area contributed by atoms with Crippen molar-refractivity contribution in [2.75, 3.05) is 0 Å². The lowest BCUT2D eigenvalue weighted by Crippen LogP contribution is -2.88. The molecule has 0 amide bonds. The summed E-state index contributed by atoms with van der Waals surface area (Å²) < 4.78 is 39.9. The number of carbonyl (C=O) groups excluding carboxylic acids is 1. The van der Waals surface area contributed by atoms with E-state index in [-0.39, 0.29) is 0 Å². The third kappa shape index (κ3) is 3.16. The van der Waals surface area contributed by atoms with Crippen molar-refractivity contribution >= 4 is 34.8 Å². The van der Waals surface area contributed by atoms with Gasteiger partial charge < -0.3 is 0 Å². The van der Waals surface area contributed by atoms with Gasteiger partial charge in [-0.05, 0) is 0 Å². The highest BCUT2D eigenvalue weighted by atomic mass is 29.9. The first kappa shape index (κ1) is 19.3. The van der Waals surface area contributed by atoms with Crippen molar-refractivity contribution in [2.45, 2.75) is 65.1 Å². The Morgan fingerprint density at radius 3 is 0.947 bits per heavy atom. The van der Waals surface area contributed by atoms with Crippen molar-refractivity contribution in [1.29, 1.82) is 0 Å². The second kappa shape index (κ2) is 4.95. The maximum Gasteiger partial charge on any atom is 0.444 e. The van der Waals surface area contributed by atoms with Crippen molar-refractivity contribution in [3.63, 3.8) is 0 Å². The summed E-state index contributed by atoms with van der Waals surface area (Å²) in [5.41, 5.74) is 0. The molecule has 0 unspecified atom stereocenters. The van der Waals surface area contributed by atoms with Gasteiger partial charge in [-0.15, -0.1) is 0 Å². The zero-order valence-corrected chi connectivity index (χ0v) is 17.5. The molecule has 8 heteroatoms. The minimum absolute atomic E-state index is 1.29. The number of hydrogen-bond donors (Lipinski definition) is 0. The zero-order chi connectivity index (χ0) is 16.1. The molecule has 114 valence electrons. The Morgan fingerprint density at radius 2 is 0.895 bits per heavy atom. The third-order valence-electron chi connectivity index (χ3n) is 3.97. The molecule has 0 atom stereocenters. The molecule has 0 bridgehead atoms. The van der Waals surface area contributed by atoms with Gasteiger partial charge in [0.05, 0.1) is 0 Å². The molecule has 0 saturated heterocycles. The van der Waals surface area contributed by atoms with Crippen LogP contribution in [0.2, 0.25) is 58.9 Å². The average molecular weight is 345 g/mol. The van der Waals surface area contributed by atoms with Crippen LogP contribution >= 0.6 is 0 Å². The largest absolute Gasteiger partial charge is 0.444 e. The molecule has 0 radical (unpaired) electrons. The zero-order valence-electron chi connectivity index (χ0n) is 13.5. The molecule has 0 aliphatic rings. The second-order valence-electron chi connectivity index (χ2n) is 8.33. The molecule has 0 fully saturated rings. The highest BCUT2D eigenvalue weighted by molar-refractivity contribution is 7.96. The fourth-order valence-electron chi connectivity index (χ4n) is 4.61. The second-order valence-corrected chi connectivity index (χ2v) is 48.5. The average Bonchev–Trinajstić information content (AvgIpc) is 1.92. The van der Waals surface area contributed by atoms with E-state index in [1.165, 1.54) is 0 Å². The molecule has 0 aliphatic heterocycles. The summed E-state index contributed by atoms with van der Waals surface area (Å²) in [4.78, 5) is 12.5. The highest BCUT2D eigenvalue weighted by Gasteiger charge is 2.71. The molecule has 0 aliphatic carbocycles. The fraction of sp³-hybridized carbons (Fsp3) is 0.909. The smallest absolute Gasteiger partial charge is 0.296 e. The maximum atomic E-state index is 13.3. The monoisotopic (exact) mass is 344 g/mol. The van der Waals surface area contributed by atoms with Crippen LogP contribution in [0.4, 0.5) is 13.2 Å². The molecule has 19 heavy (non-hydrogen) atoms. The maximum absolute atomic E-state index is 13.3. The molecular formula is C11H27F3OSi4. The van der Waals surface area contributed by atoms with Crippen LogP contribution < -0.4 is 0 Å². The van der Waals surface area contributed by atoms with E-state index in [1.807, 2.05) is 58.9 Å². The van der Waals surface area contributed by atoms with Crippen LogP contribution in [0.5, 0.6) is 0 Å². The Labute approximate surface area is 118 Å². The SMILES string of the molecule is C[Si](C)(C)[Si](C(=O)C(F)(F)F)([Si](C)(C)C)[Si](C)(C)C. The van der Waals surface area contributed by atoms with E-state index in [4.69, 9.17) is 0 Å². The molecule has 0 saturated carbocycles. The topological polar surface area (TPSA) is 17.1 Å².